The van der Waals surface area contributed by atoms with E-state index in [0.717, 1.165) is 38.2 Å². The van der Waals surface area contributed by atoms with Gasteiger partial charge >= 0.3 is 6.18 Å². The Morgan fingerprint density at radius 3 is 2.15 bits per heavy atom. The van der Waals surface area contributed by atoms with E-state index in [1.807, 2.05) is 0 Å². The molecule has 0 aliphatic carbocycles. The van der Waals surface area contributed by atoms with E-state index in [0.29, 0.717) is 0 Å². The van der Waals surface area contributed by atoms with E-state index in [2.05, 4.69) is 17.1 Å². The maximum absolute atomic E-state index is 12.5. The molecule has 0 bridgehead atoms. The van der Waals surface area contributed by atoms with E-state index < -0.39 is 11.7 Å². The maximum Gasteiger partial charge on any atom is 0.416 e. The molecule has 1 fully saturated rings. The summed E-state index contributed by atoms with van der Waals surface area (Å²) in [5.74, 6) is 0. The molecule has 1 atom stereocenters. The molecule has 1 saturated heterocycles. The van der Waals surface area contributed by atoms with Crippen molar-refractivity contribution in [1.82, 2.24) is 10.2 Å². The minimum absolute atomic E-state index is 0. The number of rotatable bonds is 3. The SMILES string of the molecule is CC[C@H](c1ccc(C(F)(F)F)cc1)N1CCNCC1.Cl. The molecule has 0 saturated carbocycles. The number of halogens is 4. The summed E-state index contributed by atoms with van der Waals surface area (Å²) in [4.78, 5) is 2.33. The molecule has 20 heavy (non-hydrogen) atoms. The zero-order chi connectivity index (χ0) is 13.9. The number of nitrogens with one attached hydrogen (secondary N) is 1. The van der Waals surface area contributed by atoms with Crippen molar-refractivity contribution < 1.29 is 13.2 Å². The average molecular weight is 309 g/mol. The average Bonchev–Trinajstić information content (AvgIpc) is 2.40. The van der Waals surface area contributed by atoms with Crippen LogP contribution in [-0.4, -0.2) is 31.1 Å². The summed E-state index contributed by atoms with van der Waals surface area (Å²) in [5, 5.41) is 3.28. The molecule has 1 aliphatic rings. The van der Waals surface area contributed by atoms with Crippen LogP contribution < -0.4 is 5.32 Å². The molecule has 6 heteroatoms. The van der Waals surface area contributed by atoms with E-state index in [9.17, 15) is 13.2 Å². The lowest BCUT2D eigenvalue weighted by atomic mass is 10.0. The second-order valence-corrected chi connectivity index (χ2v) is 4.83. The summed E-state index contributed by atoms with van der Waals surface area (Å²) in [5.41, 5.74) is 0.392. The van der Waals surface area contributed by atoms with Gasteiger partial charge in [-0.3, -0.25) is 4.90 Å². The molecule has 1 aromatic carbocycles. The molecule has 0 amide bonds. The zero-order valence-electron chi connectivity index (χ0n) is 11.4. The molecule has 0 aromatic heterocycles. The fourth-order valence-corrected chi connectivity index (χ4v) is 2.59. The van der Waals surface area contributed by atoms with Crippen LogP contribution in [0, 0.1) is 0 Å². The van der Waals surface area contributed by atoms with Gasteiger partial charge in [0.2, 0.25) is 0 Å². The minimum Gasteiger partial charge on any atom is -0.314 e. The van der Waals surface area contributed by atoms with Crippen molar-refractivity contribution >= 4 is 12.4 Å². The first-order valence-electron chi connectivity index (χ1n) is 6.64. The van der Waals surface area contributed by atoms with Gasteiger partial charge in [0.05, 0.1) is 5.56 Å². The molecule has 0 unspecified atom stereocenters. The molecular weight excluding hydrogens is 289 g/mol. The topological polar surface area (TPSA) is 15.3 Å². The van der Waals surface area contributed by atoms with Crippen LogP contribution in [0.3, 0.4) is 0 Å². The fraction of sp³-hybridized carbons (Fsp3) is 0.571. The maximum atomic E-state index is 12.5. The van der Waals surface area contributed by atoms with Crippen LogP contribution in [0.15, 0.2) is 24.3 Å². The highest BCUT2D eigenvalue weighted by atomic mass is 35.5. The molecular formula is C14H20ClF3N2. The number of benzene rings is 1. The summed E-state index contributed by atoms with van der Waals surface area (Å²) in [6, 6.07) is 5.79. The second-order valence-electron chi connectivity index (χ2n) is 4.83. The third kappa shape index (κ3) is 4.11. The molecule has 2 rings (SSSR count). The number of nitrogens with zero attached hydrogens (tertiary/aromatic N) is 1. The molecule has 1 aromatic rings. The van der Waals surface area contributed by atoms with Crippen molar-refractivity contribution in [3.05, 3.63) is 35.4 Å². The van der Waals surface area contributed by atoms with Crippen LogP contribution in [-0.2, 0) is 6.18 Å². The Bertz CT molecular complexity index is 400. The molecule has 1 N–H and O–H groups in total. The Morgan fingerprint density at radius 1 is 1.15 bits per heavy atom. The van der Waals surface area contributed by atoms with Gasteiger partial charge in [0.25, 0.3) is 0 Å². The van der Waals surface area contributed by atoms with Gasteiger partial charge < -0.3 is 5.32 Å². The van der Waals surface area contributed by atoms with Crippen molar-refractivity contribution in [3.63, 3.8) is 0 Å². The van der Waals surface area contributed by atoms with Gasteiger partial charge in [-0.25, -0.2) is 0 Å². The van der Waals surface area contributed by atoms with Gasteiger partial charge in [-0.15, -0.1) is 12.4 Å². The summed E-state index contributed by atoms with van der Waals surface area (Å²) >= 11 is 0. The highest BCUT2D eigenvalue weighted by molar-refractivity contribution is 5.85. The quantitative estimate of drug-likeness (QED) is 0.919. The highest BCUT2D eigenvalue weighted by Crippen LogP contribution is 2.31. The van der Waals surface area contributed by atoms with Crippen LogP contribution in [0.2, 0.25) is 0 Å². The summed E-state index contributed by atoms with van der Waals surface area (Å²) in [7, 11) is 0. The smallest absolute Gasteiger partial charge is 0.314 e. The van der Waals surface area contributed by atoms with Crippen molar-refractivity contribution in [2.45, 2.75) is 25.6 Å². The van der Waals surface area contributed by atoms with Gasteiger partial charge in [0, 0.05) is 32.2 Å². The van der Waals surface area contributed by atoms with Crippen LogP contribution in [0.25, 0.3) is 0 Å². The Balaban J connectivity index is 0.00000200. The van der Waals surface area contributed by atoms with Crippen LogP contribution in [0.5, 0.6) is 0 Å². The van der Waals surface area contributed by atoms with Gasteiger partial charge in [0.15, 0.2) is 0 Å². The largest absolute Gasteiger partial charge is 0.416 e. The molecule has 1 heterocycles. The number of piperazine rings is 1. The number of alkyl halides is 3. The van der Waals surface area contributed by atoms with Crippen molar-refractivity contribution in [2.24, 2.45) is 0 Å². The van der Waals surface area contributed by atoms with Crippen molar-refractivity contribution in [1.29, 1.82) is 0 Å². The van der Waals surface area contributed by atoms with Crippen molar-refractivity contribution in [3.8, 4) is 0 Å². The Labute approximate surface area is 123 Å². The van der Waals surface area contributed by atoms with E-state index in [1.54, 1.807) is 12.1 Å². The lowest BCUT2D eigenvalue weighted by Crippen LogP contribution is -2.45. The first-order valence-corrected chi connectivity index (χ1v) is 6.64. The van der Waals surface area contributed by atoms with E-state index in [-0.39, 0.29) is 18.4 Å². The summed E-state index contributed by atoms with van der Waals surface area (Å²) < 4.78 is 37.6. The predicted octanol–water partition coefficient (Wildman–Crippen LogP) is 3.48. The monoisotopic (exact) mass is 308 g/mol. The van der Waals surface area contributed by atoms with Gasteiger partial charge in [0.1, 0.15) is 0 Å². The molecule has 114 valence electrons. The Hall–Kier alpha value is -0.780. The predicted molar refractivity (Wildman–Crippen MR) is 76.2 cm³/mol. The molecule has 1 aliphatic heterocycles. The summed E-state index contributed by atoms with van der Waals surface area (Å²) in [6.07, 6.45) is -3.35. The molecule has 0 radical (unpaired) electrons. The normalized spacial score (nSPS) is 18.4. The van der Waals surface area contributed by atoms with E-state index in [4.69, 9.17) is 0 Å². The minimum atomic E-state index is -4.25. The molecule has 0 spiro atoms. The number of hydrogen-bond acceptors (Lipinski definition) is 2. The Morgan fingerprint density at radius 2 is 1.70 bits per heavy atom. The van der Waals surface area contributed by atoms with Crippen molar-refractivity contribution in [2.75, 3.05) is 26.2 Å². The van der Waals surface area contributed by atoms with Crippen LogP contribution >= 0.6 is 12.4 Å². The number of hydrogen-bond donors (Lipinski definition) is 1. The van der Waals surface area contributed by atoms with E-state index in [1.165, 1.54) is 12.1 Å². The third-order valence-electron chi connectivity index (χ3n) is 3.60. The fourth-order valence-electron chi connectivity index (χ4n) is 2.59. The standard InChI is InChI=1S/C14H19F3N2.ClH/c1-2-13(19-9-7-18-8-10-19)11-3-5-12(6-4-11)14(15,16)17;/h3-6,13,18H,2,7-10H2,1H3;1H/t13-;/m1./s1. The van der Waals surface area contributed by atoms with E-state index >= 15 is 0 Å². The van der Waals surface area contributed by atoms with Gasteiger partial charge in [-0.1, -0.05) is 19.1 Å². The first kappa shape index (κ1) is 17.3. The third-order valence-corrected chi connectivity index (χ3v) is 3.60. The van der Waals surface area contributed by atoms with Gasteiger partial charge in [-0.05, 0) is 24.1 Å². The molecule has 2 nitrogen and oxygen atoms in total. The first-order chi connectivity index (χ1) is 9.02. The zero-order valence-corrected chi connectivity index (χ0v) is 12.2. The Kier molecular flexibility index (Phi) is 6.30. The summed E-state index contributed by atoms with van der Waals surface area (Å²) in [6.45, 7) is 5.84. The van der Waals surface area contributed by atoms with Gasteiger partial charge in [-0.2, -0.15) is 13.2 Å². The van der Waals surface area contributed by atoms with Crippen LogP contribution in [0.4, 0.5) is 13.2 Å². The lowest BCUT2D eigenvalue weighted by molar-refractivity contribution is -0.137. The highest BCUT2D eigenvalue weighted by Gasteiger charge is 2.30. The second kappa shape index (κ2) is 7.29. The van der Waals surface area contributed by atoms with Crippen LogP contribution in [0.1, 0.15) is 30.5 Å². The lowest BCUT2D eigenvalue weighted by Gasteiger charge is -2.34.